The third-order valence-electron chi connectivity index (χ3n) is 5.05. The second kappa shape index (κ2) is 6.30. The van der Waals surface area contributed by atoms with Gasteiger partial charge in [-0.05, 0) is 44.0 Å². The standard InChI is InChI=1S/C21H19N5O2/c1-11-9-23-17(10-22-11)15-8-16(14-7-13(27)5-6-18(14)28-2)24-21-19(15)20(25-26-21)12-3-4-12/h5-10,12,27H,3-4H2,1-2H3,(H,24,25,26). The second-order valence-corrected chi connectivity index (χ2v) is 7.09. The summed E-state index contributed by atoms with van der Waals surface area (Å²) in [6, 6.07) is 6.93. The highest BCUT2D eigenvalue weighted by atomic mass is 16.5. The van der Waals surface area contributed by atoms with Crippen LogP contribution in [-0.2, 0) is 0 Å². The Hall–Kier alpha value is -3.48. The number of nitrogens with zero attached hydrogens (tertiary/aromatic N) is 4. The Labute approximate surface area is 161 Å². The number of phenolic OH excluding ortho intramolecular Hbond substituents is 1. The number of H-pyrrole nitrogens is 1. The van der Waals surface area contributed by atoms with E-state index in [0.717, 1.165) is 40.9 Å². The fourth-order valence-corrected chi connectivity index (χ4v) is 3.48. The molecule has 28 heavy (non-hydrogen) atoms. The fourth-order valence-electron chi connectivity index (χ4n) is 3.48. The Morgan fingerprint density at radius 1 is 1.07 bits per heavy atom. The molecule has 0 bridgehead atoms. The Balaban J connectivity index is 1.79. The summed E-state index contributed by atoms with van der Waals surface area (Å²) in [6.45, 7) is 1.91. The van der Waals surface area contributed by atoms with E-state index in [0.29, 0.717) is 28.6 Å². The topological polar surface area (TPSA) is 96.8 Å². The van der Waals surface area contributed by atoms with Gasteiger partial charge in [0.2, 0.25) is 0 Å². The predicted molar refractivity (Wildman–Crippen MR) is 105 cm³/mol. The van der Waals surface area contributed by atoms with Gasteiger partial charge in [-0.25, -0.2) is 4.98 Å². The van der Waals surface area contributed by atoms with Gasteiger partial charge in [-0.15, -0.1) is 0 Å². The van der Waals surface area contributed by atoms with Crippen LogP contribution in [0.4, 0.5) is 0 Å². The number of aromatic nitrogens is 5. The van der Waals surface area contributed by atoms with Crippen molar-refractivity contribution in [1.82, 2.24) is 25.1 Å². The second-order valence-electron chi connectivity index (χ2n) is 7.09. The number of hydrogen-bond acceptors (Lipinski definition) is 6. The molecule has 1 aliphatic rings. The number of benzene rings is 1. The summed E-state index contributed by atoms with van der Waals surface area (Å²) in [5.41, 5.74) is 5.64. The summed E-state index contributed by atoms with van der Waals surface area (Å²) in [6.07, 6.45) is 5.83. The Morgan fingerprint density at radius 3 is 2.64 bits per heavy atom. The molecule has 1 saturated carbocycles. The molecule has 0 saturated heterocycles. The number of rotatable bonds is 4. The zero-order chi connectivity index (χ0) is 19.3. The summed E-state index contributed by atoms with van der Waals surface area (Å²) < 4.78 is 5.47. The van der Waals surface area contributed by atoms with Gasteiger partial charge in [0.05, 0.1) is 35.8 Å². The van der Waals surface area contributed by atoms with Crippen molar-refractivity contribution in [3.63, 3.8) is 0 Å². The number of methoxy groups -OCH3 is 1. The highest BCUT2D eigenvalue weighted by Crippen LogP contribution is 2.45. The average molecular weight is 373 g/mol. The smallest absolute Gasteiger partial charge is 0.182 e. The maximum Gasteiger partial charge on any atom is 0.182 e. The summed E-state index contributed by atoms with van der Waals surface area (Å²) >= 11 is 0. The number of hydrogen-bond donors (Lipinski definition) is 2. The molecule has 1 aliphatic carbocycles. The van der Waals surface area contributed by atoms with Crippen LogP contribution in [0.5, 0.6) is 11.5 Å². The van der Waals surface area contributed by atoms with Gasteiger partial charge in [-0.2, -0.15) is 5.10 Å². The van der Waals surface area contributed by atoms with Gasteiger partial charge in [0.1, 0.15) is 11.5 Å². The molecular formula is C21H19N5O2. The van der Waals surface area contributed by atoms with Gasteiger partial charge < -0.3 is 9.84 Å². The molecule has 0 atom stereocenters. The summed E-state index contributed by atoms with van der Waals surface area (Å²) in [4.78, 5) is 13.7. The first-order valence-electron chi connectivity index (χ1n) is 9.19. The van der Waals surface area contributed by atoms with Gasteiger partial charge in [-0.3, -0.25) is 15.1 Å². The number of phenols is 1. The van der Waals surface area contributed by atoms with Crippen LogP contribution >= 0.6 is 0 Å². The monoisotopic (exact) mass is 373 g/mol. The van der Waals surface area contributed by atoms with Crippen LogP contribution in [0.2, 0.25) is 0 Å². The van der Waals surface area contributed by atoms with E-state index in [2.05, 4.69) is 20.2 Å². The molecule has 0 radical (unpaired) electrons. The molecule has 3 aromatic heterocycles. The zero-order valence-corrected chi connectivity index (χ0v) is 15.6. The van der Waals surface area contributed by atoms with Crippen LogP contribution in [0.25, 0.3) is 33.5 Å². The molecule has 1 aromatic carbocycles. The number of ether oxygens (including phenoxy) is 1. The first-order valence-corrected chi connectivity index (χ1v) is 9.19. The van der Waals surface area contributed by atoms with Crippen molar-refractivity contribution < 1.29 is 9.84 Å². The third-order valence-corrected chi connectivity index (χ3v) is 5.05. The maximum absolute atomic E-state index is 9.98. The Morgan fingerprint density at radius 2 is 1.93 bits per heavy atom. The van der Waals surface area contributed by atoms with Crippen molar-refractivity contribution >= 4 is 11.0 Å². The van der Waals surface area contributed by atoms with Gasteiger partial charge in [-0.1, -0.05) is 0 Å². The molecule has 7 nitrogen and oxygen atoms in total. The first-order chi connectivity index (χ1) is 13.6. The van der Waals surface area contributed by atoms with E-state index in [-0.39, 0.29) is 5.75 Å². The molecule has 0 amide bonds. The molecule has 140 valence electrons. The summed E-state index contributed by atoms with van der Waals surface area (Å²) in [5.74, 6) is 1.27. The number of aryl methyl sites for hydroxylation is 1. The lowest BCUT2D eigenvalue weighted by Gasteiger charge is -2.11. The molecule has 0 spiro atoms. The van der Waals surface area contributed by atoms with Crippen LogP contribution in [0.1, 0.15) is 30.1 Å². The highest BCUT2D eigenvalue weighted by Gasteiger charge is 2.30. The van der Waals surface area contributed by atoms with Crippen molar-refractivity contribution in [1.29, 1.82) is 0 Å². The maximum atomic E-state index is 9.98. The lowest BCUT2D eigenvalue weighted by atomic mass is 10.0. The van der Waals surface area contributed by atoms with E-state index in [1.807, 2.05) is 13.0 Å². The number of fused-ring (bicyclic) bond motifs is 1. The quantitative estimate of drug-likeness (QED) is 0.562. The van der Waals surface area contributed by atoms with Crippen molar-refractivity contribution in [3.05, 3.63) is 48.0 Å². The molecular weight excluding hydrogens is 354 g/mol. The molecule has 2 N–H and O–H groups in total. The Kier molecular flexibility index (Phi) is 3.75. The van der Waals surface area contributed by atoms with Crippen molar-refractivity contribution in [2.24, 2.45) is 0 Å². The minimum atomic E-state index is 0.148. The Bertz CT molecular complexity index is 1180. The predicted octanol–water partition coefficient (Wildman–Crippen LogP) is 3.98. The van der Waals surface area contributed by atoms with Crippen LogP contribution in [0, 0.1) is 6.92 Å². The molecule has 0 unspecified atom stereocenters. The number of nitrogens with one attached hydrogen (secondary N) is 1. The van der Waals surface area contributed by atoms with E-state index >= 15 is 0 Å². The lowest BCUT2D eigenvalue weighted by molar-refractivity contribution is 0.414. The van der Waals surface area contributed by atoms with E-state index in [9.17, 15) is 5.11 Å². The van der Waals surface area contributed by atoms with Gasteiger partial charge in [0, 0.05) is 28.9 Å². The van der Waals surface area contributed by atoms with Gasteiger partial charge >= 0.3 is 0 Å². The van der Waals surface area contributed by atoms with Crippen LogP contribution in [-0.4, -0.2) is 37.4 Å². The minimum absolute atomic E-state index is 0.148. The van der Waals surface area contributed by atoms with E-state index in [1.165, 1.54) is 0 Å². The van der Waals surface area contributed by atoms with Crippen LogP contribution in [0.15, 0.2) is 36.7 Å². The van der Waals surface area contributed by atoms with E-state index in [1.54, 1.807) is 37.7 Å². The minimum Gasteiger partial charge on any atom is -0.508 e. The van der Waals surface area contributed by atoms with E-state index in [4.69, 9.17) is 9.72 Å². The zero-order valence-electron chi connectivity index (χ0n) is 15.6. The fraction of sp³-hybridized carbons (Fsp3) is 0.238. The van der Waals surface area contributed by atoms with Gasteiger partial charge in [0.15, 0.2) is 5.65 Å². The van der Waals surface area contributed by atoms with Crippen LogP contribution in [0.3, 0.4) is 0 Å². The number of aromatic hydroxyl groups is 1. The summed E-state index contributed by atoms with van der Waals surface area (Å²) in [7, 11) is 1.60. The van der Waals surface area contributed by atoms with Gasteiger partial charge in [0.25, 0.3) is 0 Å². The molecule has 4 aromatic rings. The van der Waals surface area contributed by atoms with Crippen molar-refractivity contribution in [2.45, 2.75) is 25.7 Å². The molecule has 0 aliphatic heterocycles. The number of aromatic amines is 1. The third kappa shape index (κ3) is 2.76. The summed E-state index contributed by atoms with van der Waals surface area (Å²) in [5, 5.41) is 18.6. The lowest BCUT2D eigenvalue weighted by Crippen LogP contribution is -1.95. The van der Waals surface area contributed by atoms with Crippen molar-refractivity contribution in [2.75, 3.05) is 7.11 Å². The largest absolute Gasteiger partial charge is 0.508 e. The van der Waals surface area contributed by atoms with Crippen LogP contribution < -0.4 is 4.74 Å². The number of pyridine rings is 1. The SMILES string of the molecule is COc1ccc(O)cc1-c1cc(-c2cnc(C)cn2)c2c(C3CC3)[nH]nc2n1. The molecule has 3 heterocycles. The first kappa shape index (κ1) is 16.7. The normalized spacial score (nSPS) is 13.8. The molecule has 7 heteroatoms. The van der Waals surface area contributed by atoms with Crippen molar-refractivity contribution in [3.8, 4) is 34.0 Å². The molecule has 5 rings (SSSR count). The van der Waals surface area contributed by atoms with E-state index < -0.39 is 0 Å². The molecule has 1 fully saturated rings. The highest BCUT2D eigenvalue weighted by molar-refractivity contribution is 5.96. The average Bonchev–Trinajstić information content (AvgIpc) is 3.47.